The largest absolute Gasteiger partial charge is 0.373 e. The minimum atomic E-state index is -0.430. The number of halogens is 1. The van der Waals surface area contributed by atoms with E-state index >= 15 is 0 Å². The quantitative estimate of drug-likeness (QED) is 0.836. The lowest BCUT2D eigenvalue weighted by Gasteiger charge is -2.31. The average Bonchev–Trinajstić information content (AvgIpc) is 3.23. The van der Waals surface area contributed by atoms with Gasteiger partial charge in [-0.3, -0.25) is 0 Å². The van der Waals surface area contributed by atoms with Gasteiger partial charge in [0.1, 0.15) is 6.23 Å². The smallest absolute Gasteiger partial charge is 0.136 e. The molecule has 0 aromatic carbocycles. The third-order valence-electron chi connectivity index (χ3n) is 5.32. The van der Waals surface area contributed by atoms with Gasteiger partial charge in [-0.2, -0.15) is 0 Å². The summed E-state index contributed by atoms with van der Waals surface area (Å²) in [7, 11) is 0. The number of allylic oxidation sites excluding steroid dienone is 2. The van der Waals surface area contributed by atoms with Crippen molar-refractivity contribution in [3.05, 3.63) is 23.7 Å². The van der Waals surface area contributed by atoms with Gasteiger partial charge in [0.25, 0.3) is 0 Å². The Morgan fingerprint density at radius 2 is 2.10 bits per heavy atom. The molecular formula is C17H26FNO. The number of aliphatic hydroxyl groups is 1. The van der Waals surface area contributed by atoms with Crippen LogP contribution in [0.2, 0.25) is 0 Å². The van der Waals surface area contributed by atoms with E-state index in [1.165, 1.54) is 32.1 Å². The van der Waals surface area contributed by atoms with Gasteiger partial charge in [-0.15, -0.1) is 0 Å². The molecule has 2 fully saturated rings. The van der Waals surface area contributed by atoms with Gasteiger partial charge in [0.2, 0.25) is 0 Å². The zero-order valence-electron chi connectivity index (χ0n) is 12.4. The second-order valence-electron chi connectivity index (χ2n) is 6.76. The Bertz CT molecular complexity index is 419. The fourth-order valence-corrected chi connectivity index (χ4v) is 3.80. The predicted molar refractivity (Wildman–Crippen MR) is 78.5 cm³/mol. The summed E-state index contributed by atoms with van der Waals surface area (Å²) in [5, 5.41) is 10.6. The summed E-state index contributed by atoms with van der Waals surface area (Å²) in [4.78, 5) is 2.08. The topological polar surface area (TPSA) is 23.5 Å². The van der Waals surface area contributed by atoms with Crippen LogP contribution in [0.5, 0.6) is 0 Å². The average molecular weight is 279 g/mol. The first-order valence-corrected chi connectivity index (χ1v) is 8.18. The van der Waals surface area contributed by atoms with Crippen LogP contribution in [0.1, 0.15) is 58.3 Å². The molecule has 20 heavy (non-hydrogen) atoms. The lowest BCUT2D eigenvalue weighted by atomic mass is 9.89. The van der Waals surface area contributed by atoms with Gasteiger partial charge in [0, 0.05) is 18.2 Å². The second kappa shape index (κ2) is 5.51. The summed E-state index contributed by atoms with van der Waals surface area (Å²) in [6, 6.07) is 0. The molecule has 2 aliphatic carbocycles. The molecule has 1 N–H and O–H groups in total. The van der Waals surface area contributed by atoms with Crippen molar-refractivity contribution in [2.75, 3.05) is 6.54 Å². The maximum absolute atomic E-state index is 13.6. The Morgan fingerprint density at radius 3 is 2.70 bits per heavy atom. The van der Waals surface area contributed by atoms with Crippen LogP contribution in [0.15, 0.2) is 23.7 Å². The highest BCUT2D eigenvalue weighted by Gasteiger charge is 2.56. The molecule has 1 heterocycles. The van der Waals surface area contributed by atoms with E-state index in [0.29, 0.717) is 12.3 Å². The van der Waals surface area contributed by atoms with Crippen molar-refractivity contribution in [1.82, 2.24) is 4.90 Å². The van der Waals surface area contributed by atoms with Gasteiger partial charge in [0.15, 0.2) is 0 Å². The zero-order chi connectivity index (χ0) is 14.2. The number of nitrogens with zero attached hydrogens (tertiary/aromatic N) is 1. The van der Waals surface area contributed by atoms with Gasteiger partial charge in [-0.1, -0.05) is 26.2 Å². The first-order chi connectivity index (χ1) is 9.65. The highest BCUT2D eigenvalue weighted by Crippen LogP contribution is 2.59. The van der Waals surface area contributed by atoms with Crippen LogP contribution in [0.4, 0.5) is 4.39 Å². The fraction of sp³-hybridized carbons (Fsp3) is 0.765. The molecule has 112 valence electrons. The molecule has 0 aromatic heterocycles. The molecule has 0 amide bonds. The van der Waals surface area contributed by atoms with Crippen molar-refractivity contribution in [2.24, 2.45) is 11.3 Å². The van der Waals surface area contributed by atoms with Crippen molar-refractivity contribution in [3.63, 3.8) is 0 Å². The highest BCUT2D eigenvalue weighted by molar-refractivity contribution is 5.38. The van der Waals surface area contributed by atoms with E-state index in [0.717, 1.165) is 25.0 Å². The summed E-state index contributed by atoms with van der Waals surface area (Å²) in [6.45, 7) is 2.77. The molecule has 0 aromatic rings. The van der Waals surface area contributed by atoms with Gasteiger partial charge >= 0.3 is 0 Å². The van der Waals surface area contributed by atoms with Crippen molar-refractivity contribution in [3.8, 4) is 0 Å². The molecule has 2 saturated carbocycles. The standard InChI is InChI=1S/C17H26FNO/c1-2-15(18)10-14-12-19(16(20)17(14)8-9-17)11-13-6-4-3-5-7-13/h10,12-13,16,20H,2-9,11H2,1H3/b15-10+. The molecule has 1 atom stereocenters. The minimum Gasteiger partial charge on any atom is -0.373 e. The van der Waals surface area contributed by atoms with E-state index in [1.807, 2.05) is 13.1 Å². The van der Waals surface area contributed by atoms with Crippen LogP contribution in [0.3, 0.4) is 0 Å². The van der Waals surface area contributed by atoms with Gasteiger partial charge in [-0.25, -0.2) is 4.39 Å². The lowest BCUT2D eigenvalue weighted by molar-refractivity contribution is -0.00131. The van der Waals surface area contributed by atoms with E-state index < -0.39 is 6.23 Å². The molecule has 0 radical (unpaired) electrons. The molecule has 3 aliphatic rings. The Labute approximate surface area is 121 Å². The monoisotopic (exact) mass is 279 g/mol. The van der Waals surface area contributed by atoms with Crippen molar-refractivity contribution < 1.29 is 9.50 Å². The maximum atomic E-state index is 13.6. The highest BCUT2D eigenvalue weighted by atomic mass is 19.1. The molecule has 1 aliphatic heterocycles. The van der Waals surface area contributed by atoms with Crippen LogP contribution >= 0.6 is 0 Å². The number of aliphatic hydroxyl groups excluding tert-OH is 1. The molecule has 3 rings (SSSR count). The van der Waals surface area contributed by atoms with Gasteiger partial charge in [0.05, 0.1) is 5.83 Å². The molecule has 1 spiro atoms. The normalized spacial score (nSPS) is 29.9. The first-order valence-electron chi connectivity index (χ1n) is 8.18. The van der Waals surface area contributed by atoms with E-state index in [4.69, 9.17) is 0 Å². The second-order valence-corrected chi connectivity index (χ2v) is 6.76. The Balaban J connectivity index is 1.72. The van der Waals surface area contributed by atoms with Crippen LogP contribution < -0.4 is 0 Å². The first kappa shape index (κ1) is 14.1. The number of hydrogen-bond acceptors (Lipinski definition) is 2. The van der Waals surface area contributed by atoms with Crippen LogP contribution in [0, 0.1) is 11.3 Å². The van der Waals surface area contributed by atoms with Crippen molar-refractivity contribution in [1.29, 1.82) is 0 Å². The number of hydrogen-bond donors (Lipinski definition) is 1. The Morgan fingerprint density at radius 1 is 1.40 bits per heavy atom. The minimum absolute atomic E-state index is 0.0748. The maximum Gasteiger partial charge on any atom is 0.136 e. The van der Waals surface area contributed by atoms with Crippen molar-refractivity contribution >= 4 is 0 Å². The molecule has 0 bridgehead atoms. The molecule has 0 saturated heterocycles. The van der Waals surface area contributed by atoms with E-state index in [9.17, 15) is 9.50 Å². The molecular weight excluding hydrogens is 253 g/mol. The molecule has 3 heteroatoms. The van der Waals surface area contributed by atoms with Crippen LogP contribution in [-0.2, 0) is 0 Å². The summed E-state index contributed by atoms with van der Waals surface area (Å²) >= 11 is 0. The lowest BCUT2D eigenvalue weighted by Crippen LogP contribution is -2.36. The summed E-state index contributed by atoms with van der Waals surface area (Å²) < 4.78 is 13.6. The van der Waals surface area contributed by atoms with E-state index in [2.05, 4.69) is 4.90 Å². The summed E-state index contributed by atoms with van der Waals surface area (Å²) in [6.07, 6.45) is 12.2. The third kappa shape index (κ3) is 2.52. The summed E-state index contributed by atoms with van der Waals surface area (Å²) in [5.74, 6) is 0.624. The molecule has 2 nitrogen and oxygen atoms in total. The van der Waals surface area contributed by atoms with Crippen molar-refractivity contribution in [2.45, 2.75) is 64.5 Å². The van der Waals surface area contributed by atoms with Crippen LogP contribution in [-0.4, -0.2) is 22.8 Å². The van der Waals surface area contributed by atoms with Gasteiger partial charge in [-0.05, 0) is 49.7 Å². The van der Waals surface area contributed by atoms with E-state index in [1.54, 1.807) is 6.08 Å². The zero-order valence-corrected chi connectivity index (χ0v) is 12.4. The predicted octanol–water partition coefficient (Wildman–Crippen LogP) is 4.13. The van der Waals surface area contributed by atoms with Gasteiger partial charge < -0.3 is 10.0 Å². The fourth-order valence-electron chi connectivity index (χ4n) is 3.80. The Kier molecular flexibility index (Phi) is 3.89. The number of rotatable bonds is 4. The Hall–Kier alpha value is -0.830. The SMILES string of the molecule is CC/C(F)=C\C1=CN(CC2CCCCC2)C(O)C12CC2. The van der Waals surface area contributed by atoms with Crippen LogP contribution in [0.25, 0.3) is 0 Å². The summed E-state index contributed by atoms with van der Waals surface area (Å²) in [5.41, 5.74) is 0.862. The third-order valence-corrected chi connectivity index (χ3v) is 5.32. The van der Waals surface area contributed by atoms with E-state index in [-0.39, 0.29) is 11.2 Å². The molecule has 1 unspecified atom stereocenters.